The predicted molar refractivity (Wildman–Crippen MR) is 63.9 cm³/mol. The van der Waals surface area contributed by atoms with Crippen molar-refractivity contribution in [3.8, 4) is 0 Å². The van der Waals surface area contributed by atoms with Gasteiger partial charge in [0.25, 0.3) is 0 Å². The van der Waals surface area contributed by atoms with Crippen LogP contribution in [0.1, 0.15) is 26.5 Å². The smallest absolute Gasteiger partial charge is 0.104 e. The number of hydrogen-bond acceptors (Lipinski definition) is 2. The fourth-order valence-corrected chi connectivity index (χ4v) is 1.46. The topological polar surface area (TPSA) is 25.2 Å². The molecule has 0 aliphatic carbocycles. The minimum atomic E-state index is 0.0577. The van der Waals surface area contributed by atoms with E-state index < -0.39 is 0 Å². The lowest BCUT2D eigenvalue weighted by Crippen LogP contribution is -2.35. The van der Waals surface area contributed by atoms with Gasteiger partial charge in [0, 0.05) is 24.4 Å². The van der Waals surface area contributed by atoms with E-state index in [1.165, 1.54) is 0 Å². The summed E-state index contributed by atoms with van der Waals surface area (Å²) >= 11 is 0. The number of nitrogens with one attached hydrogen (secondary N) is 1. The van der Waals surface area contributed by atoms with Gasteiger partial charge in [0.15, 0.2) is 0 Å². The van der Waals surface area contributed by atoms with Gasteiger partial charge in [-0.1, -0.05) is 26.8 Å². The molecule has 0 aliphatic rings. The Hall–Kier alpha value is -1.02. The van der Waals surface area contributed by atoms with Gasteiger partial charge in [-0.3, -0.25) is 0 Å². The van der Waals surface area contributed by atoms with Crippen molar-refractivity contribution in [1.82, 2.24) is 5.32 Å². The molecule has 0 saturated carbocycles. The first-order valence-electron chi connectivity index (χ1n) is 5.45. The second-order valence-electron chi connectivity index (χ2n) is 4.65. The predicted octanol–water partition coefficient (Wildman–Crippen LogP) is 3.01. The Morgan fingerprint density at radius 3 is 2.80 bits per heavy atom. The normalized spacial score (nSPS) is 15.2. The van der Waals surface area contributed by atoms with E-state index in [0.717, 1.165) is 18.7 Å². The van der Waals surface area contributed by atoms with Crippen molar-refractivity contribution in [2.45, 2.75) is 33.2 Å². The minimum Gasteiger partial charge on any atom is -0.469 e. The van der Waals surface area contributed by atoms with Crippen LogP contribution in [0, 0.1) is 5.41 Å². The van der Waals surface area contributed by atoms with E-state index in [-0.39, 0.29) is 5.41 Å². The molecule has 2 heteroatoms. The average Bonchev–Trinajstić information content (AvgIpc) is 2.67. The largest absolute Gasteiger partial charge is 0.469 e. The van der Waals surface area contributed by atoms with E-state index in [2.05, 4.69) is 32.7 Å². The lowest BCUT2D eigenvalue weighted by molar-refractivity contribution is 0.342. The average molecular weight is 207 g/mol. The van der Waals surface area contributed by atoms with Crippen LogP contribution < -0.4 is 5.32 Å². The highest BCUT2D eigenvalue weighted by molar-refractivity contribution is 5.06. The van der Waals surface area contributed by atoms with E-state index in [9.17, 15) is 0 Å². The third kappa shape index (κ3) is 3.92. The lowest BCUT2D eigenvalue weighted by Gasteiger charge is -2.26. The SMILES string of the molecule is C=CC(C)(CNC(C)C)Cc1ccco1. The van der Waals surface area contributed by atoms with Crippen LogP contribution in [0.3, 0.4) is 0 Å². The Morgan fingerprint density at radius 2 is 2.33 bits per heavy atom. The minimum absolute atomic E-state index is 0.0577. The Bertz CT molecular complexity index is 289. The molecule has 0 radical (unpaired) electrons. The van der Waals surface area contributed by atoms with Gasteiger partial charge < -0.3 is 9.73 Å². The molecular weight excluding hydrogens is 186 g/mol. The third-order valence-corrected chi connectivity index (χ3v) is 2.57. The molecule has 0 aliphatic heterocycles. The molecule has 1 aromatic heterocycles. The first-order chi connectivity index (χ1) is 7.06. The van der Waals surface area contributed by atoms with E-state index in [1.807, 2.05) is 18.2 Å². The van der Waals surface area contributed by atoms with Crippen molar-refractivity contribution in [3.63, 3.8) is 0 Å². The van der Waals surface area contributed by atoms with Crippen LogP contribution in [0.15, 0.2) is 35.5 Å². The summed E-state index contributed by atoms with van der Waals surface area (Å²) < 4.78 is 5.36. The van der Waals surface area contributed by atoms with Crippen LogP contribution in [-0.4, -0.2) is 12.6 Å². The van der Waals surface area contributed by atoms with Crippen LogP contribution >= 0.6 is 0 Å². The van der Waals surface area contributed by atoms with Crippen LogP contribution in [0.25, 0.3) is 0 Å². The Labute approximate surface area is 92.4 Å². The van der Waals surface area contributed by atoms with Crippen molar-refractivity contribution in [2.24, 2.45) is 5.41 Å². The van der Waals surface area contributed by atoms with E-state index in [4.69, 9.17) is 4.42 Å². The molecule has 0 aromatic carbocycles. The van der Waals surface area contributed by atoms with Gasteiger partial charge in [0.05, 0.1) is 6.26 Å². The van der Waals surface area contributed by atoms with E-state index in [1.54, 1.807) is 6.26 Å². The van der Waals surface area contributed by atoms with Crippen molar-refractivity contribution in [1.29, 1.82) is 0 Å². The van der Waals surface area contributed by atoms with Crippen LogP contribution in [0.2, 0.25) is 0 Å². The van der Waals surface area contributed by atoms with Crippen LogP contribution in [-0.2, 0) is 6.42 Å². The maximum Gasteiger partial charge on any atom is 0.104 e. The molecule has 1 rings (SSSR count). The summed E-state index contributed by atoms with van der Waals surface area (Å²) in [5, 5.41) is 3.44. The Morgan fingerprint density at radius 1 is 1.60 bits per heavy atom. The standard InChI is InChI=1S/C13H21NO/c1-5-13(4,10-14-11(2)3)9-12-7-6-8-15-12/h5-8,11,14H,1,9-10H2,2-4H3. The summed E-state index contributed by atoms with van der Waals surface area (Å²) in [6.07, 6.45) is 4.61. The van der Waals surface area contributed by atoms with Crippen LogP contribution in [0.5, 0.6) is 0 Å². The molecule has 0 fully saturated rings. The monoisotopic (exact) mass is 207 g/mol. The lowest BCUT2D eigenvalue weighted by atomic mass is 9.85. The number of rotatable bonds is 6. The fraction of sp³-hybridized carbons (Fsp3) is 0.538. The molecule has 1 unspecified atom stereocenters. The zero-order valence-corrected chi connectivity index (χ0v) is 9.92. The maximum atomic E-state index is 5.36. The summed E-state index contributed by atoms with van der Waals surface area (Å²) in [7, 11) is 0. The summed E-state index contributed by atoms with van der Waals surface area (Å²) in [5.41, 5.74) is 0.0577. The van der Waals surface area contributed by atoms with Crippen molar-refractivity contribution in [3.05, 3.63) is 36.8 Å². The third-order valence-electron chi connectivity index (χ3n) is 2.57. The van der Waals surface area contributed by atoms with Crippen molar-refractivity contribution >= 4 is 0 Å². The molecule has 2 nitrogen and oxygen atoms in total. The molecular formula is C13H21NO. The highest BCUT2D eigenvalue weighted by atomic mass is 16.3. The first kappa shape index (κ1) is 12.1. The first-order valence-corrected chi connectivity index (χ1v) is 5.45. The molecule has 1 heterocycles. The van der Waals surface area contributed by atoms with Gasteiger partial charge in [0.1, 0.15) is 5.76 Å². The van der Waals surface area contributed by atoms with E-state index in [0.29, 0.717) is 6.04 Å². The molecule has 0 saturated heterocycles. The van der Waals surface area contributed by atoms with Gasteiger partial charge in [-0.15, -0.1) is 6.58 Å². The van der Waals surface area contributed by atoms with Crippen LogP contribution in [0.4, 0.5) is 0 Å². The quantitative estimate of drug-likeness (QED) is 0.725. The second kappa shape index (κ2) is 5.17. The van der Waals surface area contributed by atoms with Gasteiger partial charge in [-0.25, -0.2) is 0 Å². The second-order valence-corrected chi connectivity index (χ2v) is 4.65. The summed E-state index contributed by atoms with van der Waals surface area (Å²) in [6, 6.07) is 4.44. The molecule has 1 atom stereocenters. The Balaban J connectivity index is 2.56. The summed E-state index contributed by atoms with van der Waals surface area (Å²) in [6.45, 7) is 11.3. The molecule has 15 heavy (non-hydrogen) atoms. The highest BCUT2D eigenvalue weighted by Crippen LogP contribution is 2.23. The molecule has 0 spiro atoms. The zero-order valence-electron chi connectivity index (χ0n) is 9.92. The number of furan rings is 1. The van der Waals surface area contributed by atoms with Crippen molar-refractivity contribution in [2.75, 3.05) is 6.54 Å². The molecule has 1 N–H and O–H groups in total. The van der Waals surface area contributed by atoms with E-state index >= 15 is 0 Å². The zero-order chi connectivity index (χ0) is 11.3. The summed E-state index contributed by atoms with van der Waals surface area (Å²) in [5.74, 6) is 1.02. The molecule has 1 aromatic rings. The summed E-state index contributed by atoms with van der Waals surface area (Å²) in [4.78, 5) is 0. The maximum absolute atomic E-state index is 5.36. The molecule has 0 bridgehead atoms. The van der Waals surface area contributed by atoms with Gasteiger partial charge in [-0.2, -0.15) is 0 Å². The number of hydrogen-bond donors (Lipinski definition) is 1. The van der Waals surface area contributed by atoms with Gasteiger partial charge in [0.2, 0.25) is 0 Å². The van der Waals surface area contributed by atoms with Crippen molar-refractivity contribution < 1.29 is 4.42 Å². The Kier molecular flexibility index (Phi) is 4.15. The highest BCUT2D eigenvalue weighted by Gasteiger charge is 2.22. The van der Waals surface area contributed by atoms with Gasteiger partial charge in [-0.05, 0) is 12.1 Å². The van der Waals surface area contributed by atoms with Gasteiger partial charge >= 0.3 is 0 Å². The molecule has 0 amide bonds. The fourth-order valence-electron chi connectivity index (χ4n) is 1.46. The molecule has 84 valence electrons.